The third kappa shape index (κ3) is 3.51. The number of fused-ring (bicyclic) bond motifs is 8. The summed E-state index contributed by atoms with van der Waals surface area (Å²) in [6.07, 6.45) is 9.23. The van der Waals surface area contributed by atoms with Crippen LogP contribution in [0.3, 0.4) is 0 Å². The fraction of sp³-hybridized carbons (Fsp3) is 0.263. The Balaban J connectivity index is 1.30. The maximum absolute atomic E-state index is 5.45. The summed E-state index contributed by atoms with van der Waals surface area (Å²) in [5.74, 6) is 1.82. The average Bonchev–Trinajstić information content (AvgIpc) is 3.57. The molecule has 204 valence electrons. The van der Waals surface area contributed by atoms with Gasteiger partial charge in [-0.1, -0.05) is 0 Å². The monoisotopic (exact) mass is 704 g/mol. The van der Waals surface area contributed by atoms with Crippen molar-refractivity contribution in [1.29, 1.82) is 0 Å². The first-order chi connectivity index (χ1) is 20.0. The number of methoxy groups -OCH3 is 2. The van der Waals surface area contributed by atoms with E-state index in [0.717, 1.165) is 11.5 Å². The molecule has 41 heavy (non-hydrogen) atoms. The SMILES string of the molecule is COc1ccc(-c2cccc3c2C=C2[CH]3[Hf]([CH3])([CH3])[CH]3C(=Cc4c(-c5ccc(OC)cc5)cccc43)C23CCC3)cc1. The Morgan fingerprint density at radius 3 is 1.41 bits per heavy atom. The molecule has 8 rings (SSSR count). The minimum absolute atomic E-state index is 0.219. The molecule has 0 radical (unpaired) electrons. The Labute approximate surface area is 248 Å². The van der Waals surface area contributed by atoms with Crippen LogP contribution in [0.5, 0.6) is 11.5 Å². The Bertz CT molecular complexity index is 1630. The Kier molecular flexibility index (Phi) is 5.71. The molecule has 1 heterocycles. The van der Waals surface area contributed by atoms with Gasteiger partial charge in [0.05, 0.1) is 0 Å². The van der Waals surface area contributed by atoms with Crippen LogP contribution in [0, 0.1) is 5.41 Å². The Morgan fingerprint density at radius 2 is 1.05 bits per heavy atom. The predicted octanol–water partition coefficient (Wildman–Crippen LogP) is 10.0. The topological polar surface area (TPSA) is 18.5 Å². The molecule has 3 heteroatoms. The molecule has 0 N–H and O–H groups in total. The first kappa shape index (κ1) is 25.5. The Morgan fingerprint density at radius 1 is 0.610 bits per heavy atom. The number of hydrogen-bond acceptors (Lipinski definition) is 2. The summed E-state index contributed by atoms with van der Waals surface area (Å²) >= 11 is -3.03. The molecule has 2 atom stereocenters. The fourth-order valence-corrected chi connectivity index (χ4v) is 25.8. The van der Waals surface area contributed by atoms with E-state index in [1.807, 2.05) is 0 Å². The van der Waals surface area contributed by atoms with Crippen molar-refractivity contribution in [2.45, 2.75) is 36.0 Å². The van der Waals surface area contributed by atoms with Crippen LogP contribution in [-0.4, -0.2) is 14.2 Å². The van der Waals surface area contributed by atoms with Gasteiger partial charge in [0.25, 0.3) is 0 Å². The summed E-state index contributed by atoms with van der Waals surface area (Å²) in [7, 11) is 3.48. The van der Waals surface area contributed by atoms with Crippen molar-refractivity contribution in [3.63, 3.8) is 0 Å². The average molecular weight is 703 g/mol. The summed E-state index contributed by atoms with van der Waals surface area (Å²) in [5.41, 5.74) is 15.2. The van der Waals surface area contributed by atoms with Crippen molar-refractivity contribution < 1.29 is 29.4 Å². The summed E-state index contributed by atoms with van der Waals surface area (Å²) in [6.45, 7) is 0. The van der Waals surface area contributed by atoms with Crippen molar-refractivity contribution >= 4 is 12.2 Å². The first-order valence-electron chi connectivity index (χ1n) is 14.9. The molecule has 1 saturated carbocycles. The predicted molar refractivity (Wildman–Crippen MR) is 166 cm³/mol. The Hall–Kier alpha value is -3.17. The van der Waals surface area contributed by atoms with E-state index in [1.54, 1.807) is 36.5 Å². The fourth-order valence-electron chi connectivity index (χ4n) is 8.72. The van der Waals surface area contributed by atoms with Gasteiger partial charge in [0.15, 0.2) is 0 Å². The second-order valence-corrected chi connectivity index (χ2v) is 30.1. The number of rotatable bonds is 4. The van der Waals surface area contributed by atoms with Gasteiger partial charge >= 0.3 is 249 Å². The van der Waals surface area contributed by atoms with E-state index < -0.39 is 20.0 Å². The maximum atomic E-state index is 5.45. The molecule has 4 aromatic rings. The standard InChI is InChI=1S/C36H30O2.2CH3.Hf/c1-37-30-14-10-24(11-15-30)32-8-3-6-26-20-28(22-34(26)32)36(18-5-19-36)29-21-27-7-4-9-33(35(27)23-29)25-12-16-31(38-2)17-13-25;;;/h3-4,6-17,20-23H,5,18-19H2,1-2H3;2*1H3;. The molecule has 2 nitrogen and oxygen atoms in total. The van der Waals surface area contributed by atoms with Crippen LogP contribution in [0.2, 0.25) is 9.36 Å². The molecule has 0 aromatic heterocycles. The van der Waals surface area contributed by atoms with Crippen LogP contribution in [0.15, 0.2) is 96.1 Å². The molecule has 2 unspecified atom stereocenters. The van der Waals surface area contributed by atoms with E-state index in [0.29, 0.717) is 7.35 Å². The normalized spacial score (nSPS) is 22.0. The van der Waals surface area contributed by atoms with Crippen LogP contribution in [0.25, 0.3) is 34.4 Å². The second-order valence-electron chi connectivity index (χ2n) is 12.9. The zero-order chi connectivity index (χ0) is 27.9. The number of ether oxygens (including phenoxy) is 2. The molecular formula is C38H36HfO2. The van der Waals surface area contributed by atoms with Gasteiger partial charge in [0, 0.05) is 0 Å². The second kappa shape index (κ2) is 9.16. The third-order valence-electron chi connectivity index (χ3n) is 10.7. The summed E-state index contributed by atoms with van der Waals surface area (Å²) in [5, 5.41) is 0. The zero-order valence-electron chi connectivity index (χ0n) is 24.3. The number of hydrogen-bond donors (Lipinski definition) is 0. The van der Waals surface area contributed by atoms with Gasteiger partial charge in [-0.2, -0.15) is 0 Å². The van der Waals surface area contributed by atoms with Crippen LogP contribution in [-0.2, 0) is 20.0 Å². The zero-order valence-corrected chi connectivity index (χ0v) is 27.9. The van der Waals surface area contributed by atoms with E-state index in [1.165, 1.54) is 52.6 Å². The van der Waals surface area contributed by atoms with Crippen molar-refractivity contribution in [1.82, 2.24) is 0 Å². The van der Waals surface area contributed by atoms with E-state index >= 15 is 0 Å². The molecule has 3 aliphatic carbocycles. The van der Waals surface area contributed by atoms with Crippen LogP contribution in [0.1, 0.15) is 48.9 Å². The van der Waals surface area contributed by atoms with Crippen LogP contribution < -0.4 is 9.47 Å². The summed E-state index contributed by atoms with van der Waals surface area (Å²) < 4.78 is 17.7. The van der Waals surface area contributed by atoms with Crippen LogP contribution in [0.4, 0.5) is 0 Å². The van der Waals surface area contributed by atoms with Gasteiger partial charge in [-0.3, -0.25) is 0 Å². The van der Waals surface area contributed by atoms with E-state index in [4.69, 9.17) is 9.47 Å². The molecule has 4 aliphatic rings. The quantitative estimate of drug-likeness (QED) is 0.197. The van der Waals surface area contributed by atoms with Gasteiger partial charge in [-0.15, -0.1) is 0 Å². The van der Waals surface area contributed by atoms with Crippen molar-refractivity contribution in [3.8, 4) is 33.8 Å². The van der Waals surface area contributed by atoms with Gasteiger partial charge in [-0.25, -0.2) is 0 Å². The van der Waals surface area contributed by atoms with E-state index in [9.17, 15) is 0 Å². The number of benzene rings is 4. The number of allylic oxidation sites excluding steroid dienone is 2. The van der Waals surface area contributed by atoms with Crippen molar-refractivity contribution in [3.05, 3.63) is 118 Å². The molecule has 2 fully saturated rings. The molecule has 1 saturated heterocycles. The molecule has 0 amide bonds. The van der Waals surface area contributed by atoms with Crippen molar-refractivity contribution in [2.75, 3.05) is 14.2 Å². The molecular weight excluding hydrogens is 667 g/mol. The molecule has 0 bridgehead atoms. The third-order valence-corrected chi connectivity index (χ3v) is 25.9. The van der Waals surface area contributed by atoms with E-state index in [-0.39, 0.29) is 5.41 Å². The summed E-state index contributed by atoms with van der Waals surface area (Å²) in [4.78, 5) is 0. The van der Waals surface area contributed by atoms with E-state index in [2.05, 4.69) is 106 Å². The molecule has 1 aliphatic heterocycles. The first-order valence-corrected chi connectivity index (χ1v) is 26.3. The summed E-state index contributed by atoms with van der Waals surface area (Å²) in [6, 6.07) is 31.4. The van der Waals surface area contributed by atoms with Gasteiger partial charge in [0.1, 0.15) is 0 Å². The van der Waals surface area contributed by atoms with Crippen LogP contribution >= 0.6 is 0 Å². The van der Waals surface area contributed by atoms with Gasteiger partial charge in [-0.05, 0) is 0 Å². The van der Waals surface area contributed by atoms with Gasteiger partial charge < -0.3 is 0 Å². The minimum atomic E-state index is -3.03. The molecule has 4 aromatic carbocycles. The van der Waals surface area contributed by atoms with Crippen molar-refractivity contribution in [2.24, 2.45) is 5.41 Å². The van der Waals surface area contributed by atoms with Gasteiger partial charge in [0.2, 0.25) is 0 Å². The molecule has 1 spiro atoms.